The van der Waals surface area contributed by atoms with Crippen LogP contribution in [-0.4, -0.2) is 61.6 Å². The molecule has 12 heteroatoms. The molecule has 0 aliphatic carbocycles. The van der Waals surface area contributed by atoms with E-state index in [4.69, 9.17) is 0 Å². The number of benzene rings is 1. The van der Waals surface area contributed by atoms with Gasteiger partial charge in [-0.2, -0.15) is 4.31 Å². The number of hydrogen-bond donors (Lipinski definition) is 0. The minimum absolute atomic E-state index is 0.0816. The first kappa shape index (κ1) is 25.1. The highest BCUT2D eigenvalue weighted by atomic mass is 79.9. The molecule has 0 spiro atoms. The summed E-state index contributed by atoms with van der Waals surface area (Å²) in [7, 11) is -3.87. The van der Waals surface area contributed by atoms with Gasteiger partial charge in [0, 0.05) is 40.8 Å². The van der Waals surface area contributed by atoms with Crippen molar-refractivity contribution in [2.45, 2.75) is 44.7 Å². The minimum atomic E-state index is -3.87. The molecule has 10 nitrogen and oxygen atoms in total. The molecule has 3 heterocycles. The van der Waals surface area contributed by atoms with Crippen LogP contribution in [0, 0.1) is 0 Å². The Hall–Kier alpha value is -2.96. The Morgan fingerprint density at radius 1 is 0.857 bits per heavy atom. The minimum Gasteiger partial charge on any atom is -0.289 e. The summed E-state index contributed by atoms with van der Waals surface area (Å²) in [5, 5.41) is 16.4. The molecule has 3 aromatic rings. The molecule has 0 bridgehead atoms. The van der Waals surface area contributed by atoms with Crippen molar-refractivity contribution >= 4 is 43.9 Å². The highest BCUT2D eigenvalue weighted by Crippen LogP contribution is 2.27. The van der Waals surface area contributed by atoms with E-state index in [1.807, 2.05) is 27.7 Å². The van der Waals surface area contributed by atoms with Gasteiger partial charge in [-0.1, -0.05) is 26.4 Å². The molecule has 0 N–H and O–H groups in total. The molecule has 4 rings (SSSR count). The van der Waals surface area contributed by atoms with E-state index in [0.717, 1.165) is 4.47 Å². The predicted octanol–water partition coefficient (Wildman–Crippen LogP) is 3.53. The molecule has 0 unspecified atom stereocenters. The molecule has 0 saturated carbocycles. The van der Waals surface area contributed by atoms with Crippen LogP contribution in [0.4, 0.5) is 0 Å². The van der Waals surface area contributed by atoms with Gasteiger partial charge in [0.05, 0.1) is 17.3 Å². The van der Waals surface area contributed by atoms with E-state index in [0.29, 0.717) is 22.5 Å². The number of hydrogen-bond acceptors (Lipinski definition) is 7. The van der Waals surface area contributed by atoms with Crippen molar-refractivity contribution in [3.8, 4) is 0 Å². The summed E-state index contributed by atoms with van der Waals surface area (Å²) < 4.78 is 32.4. The second-order valence-electron chi connectivity index (χ2n) is 8.83. The van der Waals surface area contributed by atoms with E-state index in [9.17, 15) is 13.2 Å². The molecular weight excluding hydrogens is 534 g/mol. The number of halogens is 1. The molecule has 1 saturated heterocycles. The summed E-state index contributed by atoms with van der Waals surface area (Å²) in [6.07, 6.45) is 6.64. The van der Waals surface area contributed by atoms with Crippen molar-refractivity contribution in [3.05, 3.63) is 63.7 Å². The van der Waals surface area contributed by atoms with Crippen LogP contribution < -0.4 is 0 Å². The molecule has 0 atom stereocenters. The first-order chi connectivity index (χ1) is 16.5. The number of carbonyl (C=O) groups excluding carboxylic acids is 1. The molecule has 0 amide bonds. The molecule has 1 aliphatic rings. The van der Waals surface area contributed by atoms with Gasteiger partial charge in [0.2, 0.25) is 10.0 Å². The lowest BCUT2D eigenvalue weighted by Gasteiger charge is -2.29. The number of Topliss-reactive ketones (excluding diaryl/α,β-unsaturated/α-hetero) is 1. The molecule has 2 aromatic heterocycles. The normalized spacial score (nSPS) is 17.9. The molecule has 1 aliphatic heterocycles. The summed E-state index contributed by atoms with van der Waals surface area (Å²) in [5.74, 6) is -0.259. The second kappa shape index (κ2) is 9.96. The van der Waals surface area contributed by atoms with Crippen LogP contribution >= 0.6 is 15.9 Å². The van der Waals surface area contributed by atoms with E-state index < -0.39 is 10.0 Å². The molecule has 0 radical (unpaired) electrons. The van der Waals surface area contributed by atoms with Crippen LogP contribution in [0.3, 0.4) is 0 Å². The maximum absolute atomic E-state index is 13.5. The zero-order valence-corrected chi connectivity index (χ0v) is 22.2. The van der Waals surface area contributed by atoms with E-state index in [1.165, 1.54) is 16.4 Å². The maximum atomic E-state index is 13.5. The summed E-state index contributed by atoms with van der Waals surface area (Å²) in [6.45, 7) is 7.71. The lowest BCUT2D eigenvalue weighted by atomic mass is 9.97. The number of ketones is 1. The summed E-state index contributed by atoms with van der Waals surface area (Å²) >= 11 is 3.33. The molecule has 35 heavy (non-hydrogen) atoms. The zero-order chi connectivity index (χ0) is 25.3. The summed E-state index contributed by atoms with van der Waals surface area (Å²) in [4.78, 5) is 13.5. The van der Waals surface area contributed by atoms with E-state index in [1.54, 1.807) is 46.0 Å². The predicted molar refractivity (Wildman–Crippen MR) is 135 cm³/mol. The number of aromatic nitrogens is 6. The standard InChI is InChI=1S/C23H26BrN7O3S/c1-15(2)30-13-20(25-27-30)9-17-11-29(35(33,34)22-7-5-19(24)6-8-22)12-18(23(17)32)10-21-14-31(16(3)4)28-26-21/h5-10,13-16H,11-12H2,1-4H3. The van der Waals surface area contributed by atoms with Gasteiger partial charge in [0.15, 0.2) is 5.78 Å². The Balaban J connectivity index is 1.75. The van der Waals surface area contributed by atoms with Gasteiger partial charge in [-0.3, -0.25) is 4.79 Å². The molecule has 1 aromatic carbocycles. The number of rotatable bonds is 6. The van der Waals surface area contributed by atoms with Gasteiger partial charge in [-0.15, -0.1) is 10.2 Å². The van der Waals surface area contributed by atoms with E-state index in [2.05, 4.69) is 36.6 Å². The van der Waals surface area contributed by atoms with Gasteiger partial charge in [0.1, 0.15) is 11.4 Å². The lowest BCUT2D eigenvalue weighted by Crippen LogP contribution is -2.41. The highest BCUT2D eigenvalue weighted by molar-refractivity contribution is 9.10. The van der Waals surface area contributed by atoms with Crippen LogP contribution in [0.2, 0.25) is 0 Å². The first-order valence-corrected chi connectivity index (χ1v) is 13.3. The van der Waals surface area contributed by atoms with Crippen LogP contribution in [-0.2, 0) is 14.8 Å². The number of carbonyl (C=O) groups is 1. The fraction of sp³-hybridized carbons (Fsp3) is 0.348. The highest BCUT2D eigenvalue weighted by Gasteiger charge is 2.34. The summed E-state index contributed by atoms with van der Waals surface area (Å²) in [6, 6.07) is 6.61. The first-order valence-electron chi connectivity index (χ1n) is 11.1. The van der Waals surface area contributed by atoms with Gasteiger partial charge in [0.25, 0.3) is 0 Å². The average Bonchev–Trinajstić information content (AvgIpc) is 3.46. The van der Waals surface area contributed by atoms with Crippen molar-refractivity contribution in [1.82, 2.24) is 34.3 Å². The Morgan fingerprint density at radius 2 is 1.31 bits per heavy atom. The molecular formula is C23H26BrN7O3S. The van der Waals surface area contributed by atoms with Crippen molar-refractivity contribution in [2.24, 2.45) is 0 Å². The Kier molecular flexibility index (Phi) is 7.15. The molecule has 184 valence electrons. The van der Waals surface area contributed by atoms with Gasteiger partial charge in [-0.25, -0.2) is 17.8 Å². The second-order valence-corrected chi connectivity index (χ2v) is 11.7. The fourth-order valence-corrected chi connectivity index (χ4v) is 5.17. The number of nitrogens with zero attached hydrogens (tertiary/aromatic N) is 7. The third-order valence-corrected chi connectivity index (χ3v) is 7.82. The quantitative estimate of drug-likeness (QED) is 0.424. The average molecular weight is 560 g/mol. The van der Waals surface area contributed by atoms with Gasteiger partial charge < -0.3 is 0 Å². The Morgan fingerprint density at radius 3 is 1.71 bits per heavy atom. The third kappa shape index (κ3) is 5.49. The van der Waals surface area contributed by atoms with E-state index in [-0.39, 0.29) is 35.9 Å². The van der Waals surface area contributed by atoms with Crippen molar-refractivity contribution < 1.29 is 13.2 Å². The lowest BCUT2D eigenvalue weighted by molar-refractivity contribution is -0.113. The van der Waals surface area contributed by atoms with Crippen molar-refractivity contribution in [3.63, 3.8) is 0 Å². The van der Waals surface area contributed by atoms with Crippen LogP contribution in [0.1, 0.15) is 51.2 Å². The maximum Gasteiger partial charge on any atom is 0.243 e. The van der Waals surface area contributed by atoms with Crippen molar-refractivity contribution in [2.75, 3.05) is 13.1 Å². The number of sulfonamides is 1. The van der Waals surface area contributed by atoms with Gasteiger partial charge in [-0.05, 0) is 64.1 Å². The SMILES string of the molecule is CC(C)n1cc(C=C2CN(S(=O)(=O)c3ccc(Br)cc3)CC(=Cc3cn(C(C)C)nn3)C2=O)nn1. The third-order valence-electron chi connectivity index (χ3n) is 5.49. The van der Waals surface area contributed by atoms with Crippen molar-refractivity contribution in [1.29, 1.82) is 0 Å². The zero-order valence-electron chi connectivity index (χ0n) is 19.8. The fourth-order valence-electron chi connectivity index (χ4n) is 3.51. The number of piperidine rings is 1. The molecule has 1 fully saturated rings. The Bertz CT molecular complexity index is 1330. The van der Waals surface area contributed by atoms with Crippen LogP contribution in [0.25, 0.3) is 12.2 Å². The monoisotopic (exact) mass is 559 g/mol. The summed E-state index contributed by atoms with van der Waals surface area (Å²) in [5.41, 5.74) is 1.57. The van der Waals surface area contributed by atoms with Crippen LogP contribution in [0.5, 0.6) is 0 Å². The Labute approximate surface area is 212 Å². The van der Waals surface area contributed by atoms with E-state index >= 15 is 0 Å². The smallest absolute Gasteiger partial charge is 0.243 e. The van der Waals surface area contributed by atoms with Gasteiger partial charge >= 0.3 is 0 Å². The van der Waals surface area contributed by atoms with Crippen LogP contribution in [0.15, 0.2) is 57.2 Å². The topological polar surface area (TPSA) is 116 Å². The largest absolute Gasteiger partial charge is 0.289 e.